The highest BCUT2D eigenvalue weighted by molar-refractivity contribution is 5.95. The third kappa shape index (κ3) is 3.63. The van der Waals surface area contributed by atoms with Crippen molar-refractivity contribution in [1.29, 1.82) is 0 Å². The van der Waals surface area contributed by atoms with E-state index in [-0.39, 0.29) is 12.0 Å². The van der Waals surface area contributed by atoms with Crippen LogP contribution in [0.2, 0.25) is 0 Å². The van der Waals surface area contributed by atoms with Crippen molar-refractivity contribution in [3.05, 3.63) is 23.8 Å². The first-order valence-corrected chi connectivity index (χ1v) is 7.13. The number of nitrogens with zero attached hydrogens (tertiary/aromatic N) is 1. The highest BCUT2D eigenvalue weighted by atomic mass is 16.5. The molecule has 2 rings (SSSR count). The quantitative estimate of drug-likeness (QED) is 0.818. The molecule has 0 atom stereocenters. The van der Waals surface area contributed by atoms with E-state index in [1.165, 1.54) is 0 Å². The second kappa shape index (κ2) is 6.61. The molecule has 1 aliphatic heterocycles. The molecule has 1 amide bonds. The normalized spacial score (nSPS) is 16.9. The molecule has 20 heavy (non-hydrogen) atoms. The molecule has 1 fully saturated rings. The molecule has 0 spiro atoms. The zero-order chi connectivity index (χ0) is 14.5. The van der Waals surface area contributed by atoms with Gasteiger partial charge in [0.25, 0.3) is 5.91 Å². The summed E-state index contributed by atoms with van der Waals surface area (Å²) in [4.78, 5) is 14.1. The zero-order valence-corrected chi connectivity index (χ0v) is 12.2. The van der Waals surface area contributed by atoms with Crippen molar-refractivity contribution in [3.63, 3.8) is 0 Å². The van der Waals surface area contributed by atoms with Crippen LogP contribution in [-0.4, -0.2) is 43.6 Å². The molecule has 0 aromatic heterocycles. The molecule has 110 valence electrons. The van der Waals surface area contributed by atoms with Crippen molar-refractivity contribution in [2.45, 2.75) is 25.9 Å². The van der Waals surface area contributed by atoms with Crippen molar-refractivity contribution in [2.24, 2.45) is 0 Å². The van der Waals surface area contributed by atoms with Crippen molar-refractivity contribution in [3.8, 4) is 5.75 Å². The fourth-order valence-electron chi connectivity index (χ4n) is 2.32. The largest absolute Gasteiger partial charge is 0.488 e. The number of hydrogen-bond acceptors (Lipinski definition) is 4. The smallest absolute Gasteiger partial charge is 0.251 e. The maximum Gasteiger partial charge on any atom is 0.251 e. The van der Waals surface area contributed by atoms with E-state index in [0.29, 0.717) is 23.5 Å². The van der Waals surface area contributed by atoms with Crippen LogP contribution >= 0.6 is 0 Å². The summed E-state index contributed by atoms with van der Waals surface area (Å²) in [5.41, 5.74) is 7.11. The average Bonchev–Trinajstić information content (AvgIpc) is 2.44. The number of amides is 1. The summed E-state index contributed by atoms with van der Waals surface area (Å²) in [5, 5.41) is 2.78. The van der Waals surface area contributed by atoms with Gasteiger partial charge in [0, 0.05) is 25.2 Å². The SMILES string of the molecule is CCNC(=O)c1ccc(N)c(OC2CCN(C)CC2)c1. The Morgan fingerprint density at radius 2 is 2.15 bits per heavy atom. The lowest BCUT2D eigenvalue weighted by Crippen LogP contribution is -2.35. The number of nitrogen functional groups attached to an aromatic ring is 1. The van der Waals surface area contributed by atoms with Gasteiger partial charge in [-0.2, -0.15) is 0 Å². The highest BCUT2D eigenvalue weighted by Crippen LogP contribution is 2.26. The van der Waals surface area contributed by atoms with Crippen LogP contribution in [-0.2, 0) is 0 Å². The molecule has 0 bridgehead atoms. The fourth-order valence-corrected chi connectivity index (χ4v) is 2.32. The number of benzene rings is 1. The van der Waals surface area contributed by atoms with Gasteiger partial charge in [-0.15, -0.1) is 0 Å². The van der Waals surface area contributed by atoms with E-state index < -0.39 is 0 Å². The second-order valence-electron chi connectivity index (χ2n) is 5.23. The molecular weight excluding hydrogens is 254 g/mol. The highest BCUT2D eigenvalue weighted by Gasteiger charge is 2.19. The third-order valence-corrected chi connectivity index (χ3v) is 3.57. The number of carbonyl (C=O) groups excluding carboxylic acids is 1. The van der Waals surface area contributed by atoms with Crippen LogP contribution in [0.15, 0.2) is 18.2 Å². The van der Waals surface area contributed by atoms with Crippen LogP contribution in [0, 0.1) is 0 Å². The van der Waals surface area contributed by atoms with Gasteiger partial charge in [0.1, 0.15) is 11.9 Å². The summed E-state index contributed by atoms with van der Waals surface area (Å²) in [7, 11) is 2.11. The molecule has 0 saturated carbocycles. The van der Waals surface area contributed by atoms with Crippen LogP contribution < -0.4 is 15.8 Å². The van der Waals surface area contributed by atoms with Crippen molar-refractivity contribution in [1.82, 2.24) is 10.2 Å². The summed E-state index contributed by atoms with van der Waals surface area (Å²) in [6, 6.07) is 5.19. The van der Waals surface area contributed by atoms with Gasteiger partial charge in [-0.25, -0.2) is 0 Å². The predicted octanol–water partition coefficient (Wildman–Crippen LogP) is 1.49. The van der Waals surface area contributed by atoms with Gasteiger partial charge in [-0.05, 0) is 45.0 Å². The Kier molecular flexibility index (Phi) is 4.84. The first-order valence-electron chi connectivity index (χ1n) is 7.13. The van der Waals surface area contributed by atoms with E-state index in [1.807, 2.05) is 6.92 Å². The molecule has 1 saturated heterocycles. The Morgan fingerprint density at radius 1 is 1.45 bits per heavy atom. The lowest BCUT2D eigenvalue weighted by molar-refractivity contribution is 0.0952. The number of ether oxygens (including phenoxy) is 1. The standard InChI is InChI=1S/C15H23N3O2/c1-3-17-15(19)11-4-5-13(16)14(10-11)20-12-6-8-18(2)9-7-12/h4-5,10,12H,3,6-9,16H2,1-2H3,(H,17,19). The first kappa shape index (κ1) is 14.7. The van der Waals surface area contributed by atoms with E-state index >= 15 is 0 Å². The van der Waals surface area contributed by atoms with Gasteiger partial charge in [-0.1, -0.05) is 0 Å². The van der Waals surface area contributed by atoms with E-state index in [2.05, 4.69) is 17.3 Å². The maximum atomic E-state index is 11.8. The molecule has 1 aromatic rings. The minimum absolute atomic E-state index is 0.0965. The monoisotopic (exact) mass is 277 g/mol. The third-order valence-electron chi connectivity index (χ3n) is 3.57. The predicted molar refractivity (Wildman–Crippen MR) is 80.0 cm³/mol. The summed E-state index contributed by atoms with van der Waals surface area (Å²) in [6.07, 6.45) is 2.15. The van der Waals surface area contributed by atoms with Crippen molar-refractivity contribution in [2.75, 3.05) is 32.4 Å². The number of nitrogens with two attached hydrogens (primary N) is 1. The number of anilines is 1. The van der Waals surface area contributed by atoms with Crippen LogP contribution in [0.5, 0.6) is 5.75 Å². The lowest BCUT2D eigenvalue weighted by atomic mass is 10.1. The molecule has 1 heterocycles. The Labute approximate surface area is 120 Å². The summed E-state index contributed by atoms with van der Waals surface area (Å²) in [5.74, 6) is 0.518. The molecule has 3 N–H and O–H groups in total. The molecular formula is C15H23N3O2. The van der Waals surface area contributed by atoms with E-state index in [9.17, 15) is 4.79 Å². The van der Waals surface area contributed by atoms with Crippen molar-refractivity contribution < 1.29 is 9.53 Å². The van der Waals surface area contributed by atoms with Crippen LogP contribution in [0.4, 0.5) is 5.69 Å². The molecule has 0 radical (unpaired) electrons. The minimum Gasteiger partial charge on any atom is -0.488 e. The maximum absolute atomic E-state index is 11.8. The summed E-state index contributed by atoms with van der Waals surface area (Å²) in [6.45, 7) is 4.56. The van der Waals surface area contributed by atoms with Gasteiger partial charge in [0.05, 0.1) is 5.69 Å². The number of hydrogen-bond donors (Lipinski definition) is 2. The van der Waals surface area contributed by atoms with Crippen LogP contribution in [0.1, 0.15) is 30.1 Å². The van der Waals surface area contributed by atoms with E-state index in [4.69, 9.17) is 10.5 Å². The molecule has 5 heteroatoms. The van der Waals surface area contributed by atoms with Gasteiger partial charge in [0.15, 0.2) is 0 Å². The minimum atomic E-state index is -0.0965. The van der Waals surface area contributed by atoms with Gasteiger partial charge < -0.3 is 20.7 Å². The Hall–Kier alpha value is -1.75. The van der Waals surface area contributed by atoms with Gasteiger partial charge >= 0.3 is 0 Å². The van der Waals surface area contributed by atoms with Crippen LogP contribution in [0.25, 0.3) is 0 Å². The Morgan fingerprint density at radius 3 is 2.80 bits per heavy atom. The molecule has 5 nitrogen and oxygen atoms in total. The van der Waals surface area contributed by atoms with Crippen LogP contribution in [0.3, 0.4) is 0 Å². The summed E-state index contributed by atoms with van der Waals surface area (Å²) >= 11 is 0. The lowest BCUT2D eigenvalue weighted by Gasteiger charge is -2.29. The van der Waals surface area contributed by atoms with Gasteiger partial charge in [-0.3, -0.25) is 4.79 Å². The molecule has 0 unspecified atom stereocenters. The topological polar surface area (TPSA) is 67.6 Å². The Bertz CT molecular complexity index is 468. The summed E-state index contributed by atoms with van der Waals surface area (Å²) < 4.78 is 5.97. The number of carbonyl (C=O) groups is 1. The van der Waals surface area contributed by atoms with E-state index in [0.717, 1.165) is 25.9 Å². The zero-order valence-electron chi connectivity index (χ0n) is 12.2. The average molecular weight is 277 g/mol. The molecule has 0 aliphatic carbocycles. The molecule has 1 aliphatic rings. The fraction of sp³-hybridized carbons (Fsp3) is 0.533. The number of piperidine rings is 1. The Balaban J connectivity index is 2.06. The van der Waals surface area contributed by atoms with E-state index in [1.54, 1.807) is 18.2 Å². The number of rotatable bonds is 4. The number of nitrogens with one attached hydrogen (secondary N) is 1. The molecule has 1 aromatic carbocycles. The van der Waals surface area contributed by atoms with Crippen molar-refractivity contribution >= 4 is 11.6 Å². The number of likely N-dealkylation sites (tertiary alicyclic amines) is 1. The first-order chi connectivity index (χ1) is 9.60. The second-order valence-corrected chi connectivity index (χ2v) is 5.23. The van der Waals surface area contributed by atoms with Gasteiger partial charge in [0.2, 0.25) is 0 Å².